The molecule has 2 atom stereocenters. The molecule has 7 heteroatoms. The number of carboxylic acids is 1. The number of urea groups is 1. The van der Waals surface area contributed by atoms with E-state index in [1.807, 2.05) is 0 Å². The van der Waals surface area contributed by atoms with Crippen molar-refractivity contribution < 1.29 is 14.7 Å². The fourth-order valence-corrected chi connectivity index (χ4v) is 2.97. The van der Waals surface area contributed by atoms with Crippen LogP contribution in [0.25, 0.3) is 0 Å². The monoisotopic (exact) mass is 283 g/mol. The highest BCUT2D eigenvalue weighted by molar-refractivity contribution is 7.15. The molecule has 0 bridgehead atoms. The van der Waals surface area contributed by atoms with E-state index in [9.17, 15) is 9.59 Å². The summed E-state index contributed by atoms with van der Waals surface area (Å²) in [6.45, 7) is 3.23. The topological polar surface area (TPSA) is 91.3 Å². The maximum Gasteiger partial charge on any atom is 0.321 e. The Morgan fingerprint density at radius 2 is 2.11 bits per heavy atom. The fourth-order valence-electron chi connectivity index (χ4n) is 1.92. The summed E-state index contributed by atoms with van der Waals surface area (Å²) < 4.78 is 0. The Hall–Kier alpha value is -1.63. The maximum absolute atomic E-state index is 11.7. The molecule has 6 nitrogen and oxygen atoms in total. The molecule has 104 valence electrons. The second kappa shape index (κ2) is 5.56. The summed E-state index contributed by atoms with van der Waals surface area (Å²) >= 11 is 1.49. The van der Waals surface area contributed by atoms with E-state index in [0.29, 0.717) is 5.13 Å². The molecule has 0 saturated carbocycles. The van der Waals surface area contributed by atoms with E-state index < -0.39 is 24.0 Å². The van der Waals surface area contributed by atoms with Gasteiger partial charge in [0.1, 0.15) is 0 Å². The molecular formula is C12H17N3O3S. The van der Waals surface area contributed by atoms with Crippen molar-refractivity contribution in [3.05, 3.63) is 10.6 Å². The average molecular weight is 283 g/mol. The van der Waals surface area contributed by atoms with Crippen LogP contribution in [0.5, 0.6) is 0 Å². The first kappa shape index (κ1) is 13.8. The molecule has 2 unspecified atom stereocenters. The van der Waals surface area contributed by atoms with E-state index in [4.69, 9.17) is 5.11 Å². The number of aliphatic carboxylic acids is 1. The average Bonchev–Trinajstić information content (AvgIpc) is 2.87. The quantitative estimate of drug-likeness (QED) is 0.786. The molecule has 0 fully saturated rings. The van der Waals surface area contributed by atoms with Crippen molar-refractivity contribution in [1.29, 1.82) is 0 Å². The minimum absolute atomic E-state index is 0.409. The zero-order valence-corrected chi connectivity index (χ0v) is 11.7. The molecular weight excluding hydrogens is 266 g/mol. The summed E-state index contributed by atoms with van der Waals surface area (Å²) in [5, 5.41) is 14.7. The fraction of sp³-hybridized carbons (Fsp3) is 0.583. The van der Waals surface area contributed by atoms with Crippen LogP contribution in [-0.4, -0.2) is 28.1 Å². The molecule has 1 aliphatic rings. The molecule has 1 aliphatic carbocycles. The van der Waals surface area contributed by atoms with Crippen LogP contribution in [0.1, 0.15) is 30.8 Å². The Bertz CT molecular complexity index is 479. The number of fused-ring (bicyclic) bond motifs is 1. The van der Waals surface area contributed by atoms with Crippen LogP contribution < -0.4 is 10.6 Å². The van der Waals surface area contributed by atoms with Crippen molar-refractivity contribution in [3.63, 3.8) is 0 Å². The molecule has 0 spiro atoms. The molecule has 1 heterocycles. The maximum atomic E-state index is 11.7. The molecule has 1 aromatic rings. The Kier molecular flexibility index (Phi) is 4.04. The van der Waals surface area contributed by atoms with Crippen molar-refractivity contribution in [2.45, 2.75) is 39.2 Å². The highest BCUT2D eigenvalue weighted by Gasteiger charge is 2.22. The summed E-state index contributed by atoms with van der Waals surface area (Å²) in [5.74, 6) is -1.56. The molecule has 0 aliphatic heterocycles. The molecule has 0 aromatic carbocycles. The third-order valence-corrected chi connectivity index (χ3v) is 4.39. The van der Waals surface area contributed by atoms with Gasteiger partial charge in [-0.3, -0.25) is 10.1 Å². The third-order valence-electron chi connectivity index (χ3n) is 3.31. The lowest BCUT2D eigenvalue weighted by atomic mass is 10.0. The van der Waals surface area contributed by atoms with Gasteiger partial charge in [-0.15, -0.1) is 11.3 Å². The van der Waals surface area contributed by atoms with E-state index in [0.717, 1.165) is 25.0 Å². The van der Waals surface area contributed by atoms with Crippen LogP contribution in [0.3, 0.4) is 0 Å². The first-order valence-corrected chi connectivity index (χ1v) is 7.08. The summed E-state index contributed by atoms with van der Waals surface area (Å²) in [4.78, 5) is 28.1. The molecule has 19 heavy (non-hydrogen) atoms. The number of hydrogen-bond acceptors (Lipinski definition) is 4. The molecule has 3 N–H and O–H groups in total. The number of anilines is 1. The van der Waals surface area contributed by atoms with E-state index in [1.54, 1.807) is 13.8 Å². The first-order valence-electron chi connectivity index (χ1n) is 6.26. The molecule has 2 amide bonds. The second-order valence-corrected chi connectivity index (χ2v) is 5.84. The number of carboxylic acid groups (broad SMARTS) is 1. The van der Waals surface area contributed by atoms with Gasteiger partial charge in [-0.1, -0.05) is 0 Å². The Morgan fingerprint density at radius 1 is 1.37 bits per heavy atom. The zero-order chi connectivity index (χ0) is 14.0. The van der Waals surface area contributed by atoms with Crippen molar-refractivity contribution >= 4 is 28.5 Å². The Balaban J connectivity index is 1.88. The molecule has 2 rings (SSSR count). The number of nitrogens with zero attached hydrogens (tertiary/aromatic N) is 1. The largest absolute Gasteiger partial charge is 0.481 e. The Labute approximate surface area is 115 Å². The van der Waals surface area contributed by atoms with Crippen molar-refractivity contribution in [2.75, 3.05) is 5.32 Å². The van der Waals surface area contributed by atoms with Gasteiger partial charge in [-0.2, -0.15) is 0 Å². The summed E-state index contributed by atoms with van der Waals surface area (Å²) in [5.41, 5.74) is 1.08. The van der Waals surface area contributed by atoms with Crippen LogP contribution in [0.15, 0.2) is 0 Å². The van der Waals surface area contributed by atoms with Gasteiger partial charge in [0.15, 0.2) is 5.13 Å². The number of aryl methyl sites for hydroxylation is 2. The summed E-state index contributed by atoms with van der Waals surface area (Å²) in [7, 11) is 0. The first-order chi connectivity index (χ1) is 8.97. The minimum atomic E-state index is -0.930. The number of hydrogen-bond donors (Lipinski definition) is 3. The van der Waals surface area contributed by atoms with Crippen LogP contribution in [0.4, 0.5) is 9.93 Å². The number of thiazole rings is 1. The number of carbonyl (C=O) groups excluding carboxylic acids is 1. The zero-order valence-electron chi connectivity index (χ0n) is 10.9. The number of carbonyl (C=O) groups is 2. The molecule has 0 radical (unpaired) electrons. The summed E-state index contributed by atoms with van der Waals surface area (Å²) in [6, 6.07) is -0.850. The van der Waals surface area contributed by atoms with Gasteiger partial charge < -0.3 is 10.4 Å². The van der Waals surface area contributed by atoms with Crippen LogP contribution >= 0.6 is 11.3 Å². The van der Waals surface area contributed by atoms with Gasteiger partial charge in [-0.25, -0.2) is 9.78 Å². The van der Waals surface area contributed by atoms with Crippen LogP contribution in [0.2, 0.25) is 0 Å². The normalized spacial score (nSPS) is 16.5. The number of amides is 2. The third kappa shape index (κ3) is 3.23. The lowest BCUT2D eigenvalue weighted by Gasteiger charge is -2.17. The van der Waals surface area contributed by atoms with E-state index in [-0.39, 0.29) is 0 Å². The van der Waals surface area contributed by atoms with Crippen LogP contribution in [0, 0.1) is 5.92 Å². The lowest BCUT2D eigenvalue weighted by molar-refractivity contribution is -0.141. The number of aromatic nitrogens is 1. The number of nitrogens with one attached hydrogen (secondary N) is 2. The minimum Gasteiger partial charge on any atom is -0.481 e. The van der Waals surface area contributed by atoms with Gasteiger partial charge in [0.25, 0.3) is 0 Å². The smallest absolute Gasteiger partial charge is 0.321 e. The standard InChI is InChI=1S/C12H17N3O3S/c1-6(10(16)17)7(2)13-11(18)15-12-14-8-4-3-5-9(8)19-12/h6-7H,3-5H2,1-2H3,(H,16,17)(H2,13,14,15,18). The SMILES string of the molecule is CC(NC(=O)Nc1nc2c(s1)CCC2)C(C)C(=O)O. The highest BCUT2D eigenvalue weighted by Crippen LogP contribution is 2.30. The van der Waals surface area contributed by atoms with Crippen molar-refractivity contribution in [3.8, 4) is 0 Å². The Morgan fingerprint density at radius 3 is 2.74 bits per heavy atom. The molecule has 1 aromatic heterocycles. The van der Waals surface area contributed by atoms with Crippen molar-refractivity contribution in [1.82, 2.24) is 10.3 Å². The number of rotatable bonds is 4. The predicted octanol–water partition coefficient (Wildman–Crippen LogP) is 1.86. The van der Waals surface area contributed by atoms with Crippen LogP contribution in [-0.2, 0) is 17.6 Å². The van der Waals surface area contributed by atoms with Gasteiger partial charge >= 0.3 is 12.0 Å². The van der Waals surface area contributed by atoms with Crippen molar-refractivity contribution in [2.24, 2.45) is 5.92 Å². The molecule has 0 saturated heterocycles. The van der Waals surface area contributed by atoms with E-state index in [2.05, 4.69) is 15.6 Å². The summed E-state index contributed by atoms with van der Waals surface area (Å²) in [6.07, 6.45) is 3.14. The van der Waals surface area contributed by atoms with E-state index in [1.165, 1.54) is 16.2 Å². The second-order valence-electron chi connectivity index (χ2n) is 4.76. The van der Waals surface area contributed by atoms with Gasteiger partial charge in [0.05, 0.1) is 11.6 Å². The highest BCUT2D eigenvalue weighted by atomic mass is 32.1. The van der Waals surface area contributed by atoms with E-state index >= 15 is 0 Å². The predicted molar refractivity (Wildman–Crippen MR) is 72.6 cm³/mol. The van der Waals surface area contributed by atoms with Gasteiger partial charge in [0.2, 0.25) is 0 Å². The lowest BCUT2D eigenvalue weighted by Crippen LogP contribution is -2.42. The van der Waals surface area contributed by atoms with Gasteiger partial charge in [0, 0.05) is 10.9 Å². The van der Waals surface area contributed by atoms with Gasteiger partial charge in [-0.05, 0) is 33.1 Å².